The zero-order valence-corrected chi connectivity index (χ0v) is 23.0. The van der Waals surface area contributed by atoms with Crippen LogP contribution in [0, 0.1) is 0 Å². The Kier molecular flexibility index (Phi) is 16.5. The van der Waals surface area contributed by atoms with Crippen molar-refractivity contribution < 1.29 is 47.4 Å². The van der Waals surface area contributed by atoms with E-state index in [4.69, 9.17) is 42.6 Å². The molecular weight excluding hydrogens is 448 g/mol. The molecule has 204 valence electrons. The van der Waals surface area contributed by atoms with Crippen LogP contribution in [0.5, 0.6) is 0 Å². The quantitative estimate of drug-likeness (QED) is 0.168. The summed E-state index contributed by atoms with van der Waals surface area (Å²) in [5, 5.41) is 0. The summed E-state index contributed by atoms with van der Waals surface area (Å²) < 4.78 is 51.6. The summed E-state index contributed by atoms with van der Waals surface area (Å²) >= 11 is 0. The molecule has 0 aromatic rings. The molecule has 0 aliphatic heterocycles. The molecule has 0 aromatic heterocycles. The van der Waals surface area contributed by atoms with Crippen molar-refractivity contribution in [1.29, 1.82) is 0 Å². The molecule has 0 bridgehead atoms. The first-order valence-electron chi connectivity index (χ1n) is 12.0. The number of ether oxygens (including phenoxy) is 9. The lowest BCUT2D eigenvalue weighted by molar-refractivity contribution is -0.411. The summed E-state index contributed by atoms with van der Waals surface area (Å²) in [7, 11) is 4.56. The van der Waals surface area contributed by atoms with Gasteiger partial charge in [-0.25, -0.2) is 0 Å². The van der Waals surface area contributed by atoms with E-state index in [9.17, 15) is 4.79 Å². The fourth-order valence-electron chi connectivity index (χ4n) is 3.56. The Morgan fingerprint density at radius 3 is 1.32 bits per heavy atom. The van der Waals surface area contributed by atoms with Gasteiger partial charge in [0, 0.05) is 21.3 Å². The smallest absolute Gasteiger partial charge is 0.260 e. The zero-order valence-electron chi connectivity index (χ0n) is 23.0. The molecule has 0 radical (unpaired) electrons. The first-order chi connectivity index (χ1) is 16.0. The van der Waals surface area contributed by atoms with Gasteiger partial charge >= 0.3 is 0 Å². The highest BCUT2D eigenvalue weighted by Crippen LogP contribution is 2.41. The van der Waals surface area contributed by atoms with Gasteiger partial charge in [-0.2, -0.15) is 0 Å². The summed E-state index contributed by atoms with van der Waals surface area (Å²) in [6.45, 7) is 14.2. The second-order valence-electron chi connectivity index (χ2n) is 8.11. The number of aldehydes is 1. The number of carbonyl (C=O) groups is 1. The van der Waals surface area contributed by atoms with Gasteiger partial charge in [0.25, 0.3) is 5.79 Å². The highest BCUT2D eigenvalue weighted by Gasteiger charge is 2.57. The van der Waals surface area contributed by atoms with Gasteiger partial charge in [-0.3, -0.25) is 4.79 Å². The van der Waals surface area contributed by atoms with Crippen molar-refractivity contribution in [2.45, 2.75) is 130 Å². The lowest BCUT2D eigenvalue weighted by atomic mass is 9.84. The molecule has 0 aliphatic rings. The minimum atomic E-state index is -1.90. The van der Waals surface area contributed by atoms with Gasteiger partial charge in [-0.1, -0.05) is 26.7 Å². The van der Waals surface area contributed by atoms with Gasteiger partial charge in [-0.15, -0.1) is 0 Å². The van der Waals surface area contributed by atoms with Gasteiger partial charge in [0.15, 0.2) is 44.0 Å². The van der Waals surface area contributed by atoms with E-state index in [1.807, 2.05) is 6.92 Å². The molecule has 0 aliphatic carbocycles. The van der Waals surface area contributed by atoms with Crippen LogP contribution in [-0.4, -0.2) is 76.7 Å². The SMILES string of the molecule is CCCCC(CC)(OC(C)OC(C)OC)C(C=O)(OC(C)OC(C)OC)OC(C)OC(C)OC. The molecule has 7 unspecified atom stereocenters. The second-order valence-corrected chi connectivity index (χ2v) is 8.11. The molecule has 0 N–H and O–H groups in total. The lowest BCUT2D eigenvalue weighted by Gasteiger charge is -2.48. The third-order valence-electron chi connectivity index (χ3n) is 5.51. The molecule has 0 heterocycles. The molecular formula is C24H48O10. The van der Waals surface area contributed by atoms with Gasteiger partial charge in [0.05, 0.1) is 0 Å². The summed E-state index contributed by atoms with van der Waals surface area (Å²) in [5.74, 6) is -1.90. The lowest BCUT2D eigenvalue weighted by Crippen LogP contribution is -2.64. The van der Waals surface area contributed by atoms with Crippen LogP contribution in [0.1, 0.15) is 81.1 Å². The third kappa shape index (κ3) is 10.5. The molecule has 7 atom stereocenters. The monoisotopic (exact) mass is 496 g/mol. The average molecular weight is 497 g/mol. The predicted octanol–water partition coefficient (Wildman–Crippen LogP) is 4.34. The van der Waals surface area contributed by atoms with E-state index in [1.54, 1.807) is 41.5 Å². The molecule has 0 saturated carbocycles. The third-order valence-corrected chi connectivity index (χ3v) is 5.51. The molecule has 34 heavy (non-hydrogen) atoms. The Morgan fingerprint density at radius 2 is 1.03 bits per heavy atom. The number of hydrogen-bond acceptors (Lipinski definition) is 10. The van der Waals surface area contributed by atoms with Gasteiger partial charge in [-0.05, 0) is 54.4 Å². The summed E-state index contributed by atoms with van der Waals surface area (Å²) in [5.41, 5.74) is -1.24. The zero-order chi connectivity index (χ0) is 26.4. The molecule has 0 fully saturated rings. The number of carbonyl (C=O) groups excluding carboxylic acids is 1. The Bertz CT molecular complexity index is 514. The fraction of sp³-hybridized carbons (Fsp3) is 0.958. The Labute approximate surface area is 205 Å². The molecule has 10 nitrogen and oxygen atoms in total. The van der Waals surface area contributed by atoms with E-state index in [-0.39, 0.29) is 0 Å². The maximum absolute atomic E-state index is 12.9. The van der Waals surface area contributed by atoms with Crippen molar-refractivity contribution >= 4 is 6.29 Å². The summed E-state index contributed by atoms with van der Waals surface area (Å²) in [6, 6.07) is 0. The maximum atomic E-state index is 12.9. The topological polar surface area (TPSA) is 100 Å². The molecule has 0 amide bonds. The van der Waals surface area contributed by atoms with E-state index in [0.717, 1.165) is 12.8 Å². The van der Waals surface area contributed by atoms with E-state index >= 15 is 0 Å². The van der Waals surface area contributed by atoms with Crippen molar-refractivity contribution in [3.05, 3.63) is 0 Å². The highest BCUT2D eigenvalue weighted by molar-refractivity contribution is 5.63. The Morgan fingerprint density at radius 1 is 0.647 bits per heavy atom. The number of methoxy groups -OCH3 is 3. The van der Waals surface area contributed by atoms with Crippen LogP contribution in [-0.2, 0) is 47.4 Å². The molecule has 10 heteroatoms. The molecule has 0 rings (SSSR count). The van der Waals surface area contributed by atoms with Crippen LogP contribution >= 0.6 is 0 Å². The molecule has 0 spiro atoms. The summed E-state index contributed by atoms with van der Waals surface area (Å²) in [6.07, 6.45) is -1.10. The Hall–Kier alpha value is -0.690. The van der Waals surface area contributed by atoms with Gasteiger partial charge in [0.1, 0.15) is 5.60 Å². The predicted molar refractivity (Wildman–Crippen MR) is 126 cm³/mol. The normalized spacial score (nSPS) is 21.0. The first-order valence-corrected chi connectivity index (χ1v) is 12.0. The van der Waals surface area contributed by atoms with Crippen LogP contribution in [0.2, 0.25) is 0 Å². The van der Waals surface area contributed by atoms with Crippen molar-refractivity contribution in [2.75, 3.05) is 21.3 Å². The van der Waals surface area contributed by atoms with Gasteiger partial charge < -0.3 is 42.6 Å². The maximum Gasteiger partial charge on any atom is 0.260 e. The first kappa shape index (κ1) is 33.3. The van der Waals surface area contributed by atoms with Crippen molar-refractivity contribution in [1.82, 2.24) is 0 Å². The van der Waals surface area contributed by atoms with Crippen LogP contribution in [0.3, 0.4) is 0 Å². The minimum absolute atomic E-state index is 0.375. The van der Waals surface area contributed by atoms with Gasteiger partial charge in [0.2, 0.25) is 0 Å². The molecule has 0 saturated heterocycles. The van der Waals surface area contributed by atoms with E-state index in [1.165, 1.54) is 21.3 Å². The summed E-state index contributed by atoms with van der Waals surface area (Å²) in [4.78, 5) is 12.9. The fourth-order valence-corrected chi connectivity index (χ4v) is 3.56. The molecule has 0 aromatic carbocycles. The average Bonchev–Trinajstić information content (AvgIpc) is 2.80. The van der Waals surface area contributed by atoms with Crippen LogP contribution in [0.15, 0.2) is 0 Å². The number of rotatable bonds is 21. The van der Waals surface area contributed by atoms with E-state index in [2.05, 4.69) is 6.92 Å². The number of hydrogen-bond donors (Lipinski definition) is 0. The van der Waals surface area contributed by atoms with Crippen molar-refractivity contribution in [3.8, 4) is 0 Å². The second kappa shape index (κ2) is 16.9. The Balaban J connectivity index is 6.37. The highest BCUT2D eigenvalue weighted by atomic mass is 16.9. The van der Waals surface area contributed by atoms with E-state index in [0.29, 0.717) is 19.1 Å². The van der Waals surface area contributed by atoms with Crippen molar-refractivity contribution in [2.24, 2.45) is 0 Å². The minimum Gasteiger partial charge on any atom is -0.356 e. The largest absolute Gasteiger partial charge is 0.356 e. The van der Waals surface area contributed by atoms with Crippen LogP contribution in [0.25, 0.3) is 0 Å². The number of unbranched alkanes of at least 4 members (excludes halogenated alkanes) is 1. The van der Waals surface area contributed by atoms with Crippen molar-refractivity contribution in [3.63, 3.8) is 0 Å². The van der Waals surface area contributed by atoms with Crippen LogP contribution in [0.4, 0.5) is 0 Å². The van der Waals surface area contributed by atoms with E-state index < -0.39 is 49.1 Å². The standard InChI is InChI=1S/C24H48O10/c1-12-14-15-23(13-2,32-20(6)29-17(3)26-9)24(16-25,33-21(7)30-18(4)27-10)34-22(8)31-19(5)28-11/h16-22H,12-15H2,1-11H3. The van der Waals surface area contributed by atoms with Crippen LogP contribution < -0.4 is 0 Å².